The Morgan fingerprint density at radius 1 is 1.31 bits per heavy atom. The fraction of sp³-hybridized carbons (Fsp3) is 0.111. The smallest absolute Gasteiger partial charge is 0.228 e. The third-order valence-electron chi connectivity index (χ3n) is 3.84. The maximum atomic E-state index is 12.4. The third kappa shape index (κ3) is 4.10. The summed E-state index contributed by atoms with van der Waals surface area (Å²) in [5.74, 6) is 0.312. The fourth-order valence-corrected chi connectivity index (χ4v) is 3.77. The van der Waals surface area contributed by atoms with E-state index in [1.807, 2.05) is 36.4 Å². The molecule has 0 aliphatic heterocycles. The van der Waals surface area contributed by atoms with Crippen molar-refractivity contribution in [1.29, 1.82) is 0 Å². The lowest BCUT2D eigenvalue weighted by Crippen LogP contribution is -2.15. The van der Waals surface area contributed by atoms with Gasteiger partial charge in [-0.15, -0.1) is 9.24 Å². The second kappa shape index (κ2) is 8.23. The Hall–Kier alpha value is -1.85. The first-order valence-corrected chi connectivity index (χ1v) is 9.52. The number of amides is 1. The van der Waals surface area contributed by atoms with Crippen LogP contribution < -0.4 is 20.5 Å². The van der Waals surface area contributed by atoms with Gasteiger partial charge in [-0.3, -0.25) is 9.93 Å². The van der Waals surface area contributed by atoms with E-state index in [-0.39, 0.29) is 12.3 Å². The number of methoxy groups -OCH3 is 1. The predicted molar refractivity (Wildman–Crippen MR) is 111 cm³/mol. The molecular weight excluding hydrogens is 389 g/mol. The molecule has 2 aromatic carbocycles. The maximum Gasteiger partial charge on any atom is 0.228 e. The van der Waals surface area contributed by atoms with E-state index in [9.17, 15) is 4.79 Å². The predicted octanol–water partition coefficient (Wildman–Crippen LogP) is 3.54. The Balaban J connectivity index is 1.89. The van der Waals surface area contributed by atoms with Crippen LogP contribution in [0.3, 0.4) is 0 Å². The normalized spacial score (nSPS) is 10.8. The molecule has 0 radical (unpaired) electrons. The number of pyridine rings is 1. The van der Waals surface area contributed by atoms with Crippen LogP contribution >= 0.6 is 32.8 Å². The largest absolute Gasteiger partial charge is 0.481 e. The van der Waals surface area contributed by atoms with Crippen LogP contribution in [-0.4, -0.2) is 18.0 Å². The Bertz CT molecular complexity index is 984. The first kappa shape index (κ1) is 18.9. The van der Waals surface area contributed by atoms with Crippen molar-refractivity contribution < 1.29 is 9.53 Å². The molecule has 0 saturated carbocycles. The van der Waals surface area contributed by atoms with Crippen molar-refractivity contribution in [2.75, 3.05) is 12.4 Å². The molecule has 1 atom stereocenters. The highest BCUT2D eigenvalue weighted by atomic mass is 35.5. The van der Waals surface area contributed by atoms with Gasteiger partial charge in [0.1, 0.15) is 0 Å². The monoisotopic (exact) mass is 405 g/mol. The molecular formula is C18H17ClN3O2PS. The van der Waals surface area contributed by atoms with E-state index in [1.165, 1.54) is 0 Å². The van der Waals surface area contributed by atoms with E-state index >= 15 is 0 Å². The minimum absolute atomic E-state index is 0.168. The molecule has 1 amide bonds. The van der Waals surface area contributed by atoms with E-state index < -0.39 is 0 Å². The lowest BCUT2D eigenvalue weighted by molar-refractivity contribution is -0.115. The van der Waals surface area contributed by atoms with Gasteiger partial charge in [-0.05, 0) is 47.1 Å². The summed E-state index contributed by atoms with van der Waals surface area (Å²) in [7, 11) is 4.13. The number of hydrogen-bond donors (Lipinski definition) is 2. The molecule has 1 heterocycles. The minimum Gasteiger partial charge on any atom is -0.481 e. The summed E-state index contributed by atoms with van der Waals surface area (Å²) < 4.78 is 5.32. The molecule has 0 bridgehead atoms. The number of nitrogens with two attached hydrogens (primary N) is 1. The van der Waals surface area contributed by atoms with Crippen LogP contribution in [0.5, 0.6) is 5.88 Å². The van der Waals surface area contributed by atoms with E-state index in [4.69, 9.17) is 21.5 Å². The molecule has 0 aliphatic rings. The number of aromatic nitrogens is 1. The van der Waals surface area contributed by atoms with Crippen LogP contribution in [-0.2, 0) is 11.2 Å². The molecule has 3 N–H and O–H groups in total. The Labute approximate surface area is 163 Å². The highest BCUT2D eigenvalue weighted by Crippen LogP contribution is 2.33. The highest BCUT2D eigenvalue weighted by molar-refractivity contribution is 7.97. The number of rotatable bonds is 5. The lowest BCUT2D eigenvalue weighted by atomic mass is 10.1. The van der Waals surface area contributed by atoms with E-state index in [0.717, 1.165) is 38.5 Å². The first-order valence-electron chi connectivity index (χ1n) is 7.69. The summed E-state index contributed by atoms with van der Waals surface area (Å²) in [6.45, 7) is 0. The molecule has 3 rings (SSSR count). The van der Waals surface area contributed by atoms with Gasteiger partial charge >= 0.3 is 0 Å². The van der Waals surface area contributed by atoms with Crippen molar-refractivity contribution in [3.63, 3.8) is 0 Å². The summed E-state index contributed by atoms with van der Waals surface area (Å²) >= 11 is 7.31. The molecule has 0 aliphatic carbocycles. The molecule has 3 aromatic rings. The van der Waals surface area contributed by atoms with Gasteiger partial charge in [0.2, 0.25) is 11.8 Å². The number of carbonyl (C=O) groups is 1. The van der Waals surface area contributed by atoms with Crippen LogP contribution in [0.15, 0.2) is 47.5 Å². The summed E-state index contributed by atoms with van der Waals surface area (Å²) in [5, 5.41) is 11.9. The van der Waals surface area contributed by atoms with Gasteiger partial charge < -0.3 is 10.1 Å². The van der Waals surface area contributed by atoms with Crippen molar-refractivity contribution in [2.45, 2.75) is 11.3 Å². The van der Waals surface area contributed by atoms with Crippen molar-refractivity contribution in [3.05, 3.63) is 53.2 Å². The van der Waals surface area contributed by atoms with Gasteiger partial charge in [0.05, 0.1) is 13.5 Å². The van der Waals surface area contributed by atoms with Crippen molar-refractivity contribution in [3.8, 4) is 5.88 Å². The summed E-state index contributed by atoms with van der Waals surface area (Å²) in [6, 6.07) is 11.1. The van der Waals surface area contributed by atoms with Crippen molar-refractivity contribution in [1.82, 2.24) is 4.98 Å². The average Bonchev–Trinajstić information content (AvgIpc) is 2.62. The Morgan fingerprint density at radius 2 is 2.12 bits per heavy atom. The number of anilines is 1. The topological polar surface area (TPSA) is 77.2 Å². The van der Waals surface area contributed by atoms with Gasteiger partial charge in [0, 0.05) is 32.6 Å². The zero-order valence-electron chi connectivity index (χ0n) is 14.0. The number of halogens is 1. The van der Waals surface area contributed by atoms with Gasteiger partial charge in [0.15, 0.2) is 0 Å². The first-order chi connectivity index (χ1) is 12.5. The molecule has 1 unspecified atom stereocenters. The van der Waals surface area contributed by atoms with Crippen molar-refractivity contribution >= 4 is 60.5 Å². The highest BCUT2D eigenvalue weighted by Gasteiger charge is 2.12. The zero-order valence-corrected chi connectivity index (χ0v) is 16.7. The second-order valence-electron chi connectivity index (χ2n) is 5.58. The number of carbonyl (C=O) groups excluding carboxylic acids is 1. The third-order valence-corrected chi connectivity index (χ3v) is 5.14. The average molecular weight is 406 g/mol. The number of fused-ring (bicyclic) bond motifs is 1. The Morgan fingerprint density at radius 3 is 2.81 bits per heavy atom. The number of benzene rings is 2. The fourth-order valence-electron chi connectivity index (χ4n) is 2.64. The van der Waals surface area contributed by atoms with Gasteiger partial charge in [-0.1, -0.05) is 23.7 Å². The van der Waals surface area contributed by atoms with Crippen LogP contribution in [0, 0.1) is 0 Å². The van der Waals surface area contributed by atoms with Gasteiger partial charge in [-0.2, -0.15) is 0 Å². The number of nitrogens with one attached hydrogen (secondary N) is 1. The standard InChI is InChI=1S/C18H17ClN3O2PS/c1-24-18-14-7-11(8-16(26-20)13(14)4-5-21-18)22-17(23)6-10-2-3-12(25)9-15(10)19/h2-5,7-9H,6,20,25H2,1H3,(H,22,23). The molecule has 8 heteroatoms. The van der Waals surface area contributed by atoms with Crippen LogP contribution in [0.1, 0.15) is 5.56 Å². The molecule has 0 spiro atoms. The number of ether oxygens (including phenoxy) is 1. The van der Waals surface area contributed by atoms with Gasteiger partial charge in [0.25, 0.3) is 0 Å². The van der Waals surface area contributed by atoms with Crippen LogP contribution in [0.25, 0.3) is 10.8 Å². The van der Waals surface area contributed by atoms with Crippen LogP contribution in [0.2, 0.25) is 5.02 Å². The molecule has 5 nitrogen and oxygen atoms in total. The SMILES string of the molecule is COc1nccc2c(SN)cc(NC(=O)Cc3ccc(P)cc3Cl)cc12. The zero-order chi connectivity index (χ0) is 18.7. The van der Waals surface area contributed by atoms with Crippen molar-refractivity contribution in [2.24, 2.45) is 5.14 Å². The number of nitrogens with zero attached hydrogens (tertiary/aromatic N) is 1. The number of hydrogen-bond acceptors (Lipinski definition) is 5. The second-order valence-corrected chi connectivity index (χ2v) is 7.33. The van der Waals surface area contributed by atoms with E-state index in [1.54, 1.807) is 13.3 Å². The quantitative estimate of drug-likeness (QED) is 0.501. The molecule has 0 fully saturated rings. The summed E-state index contributed by atoms with van der Waals surface area (Å²) in [6.07, 6.45) is 1.84. The Kier molecular flexibility index (Phi) is 5.99. The summed E-state index contributed by atoms with van der Waals surface area (Å²) in [4.78, 5) is 17.5. The van der Waals surface area contributed by atoms with Crippen LogP contribution in [0.4, 0.5) is 5.69 Å². The minimum atomic E-state index is -0.168. The van der Waals surface area contributed by atoms with E-state index in [0.29, 0.717) is 16.6 Å². The molecule has 1 aromatic heterocycles. The molecule has 0 saturated heterocycles. The maximum absolute atomic E-state index is 12.4. The lowest BCUT2D eigenvalue weighted by Gasteiger charge is -2.12. The molecule has 26 heavy (non-hydrogen) atoms. The summed E-state index contributed by atoms with van der Waals surface area (Å²) in [5.41, 5.74) is 1.39. The van der Waals surface area contributed by atoms with Gasteiger partial charge in [-0.25, -0.2) is 4.98 Å². The van der Waals surface area contributed by atoms with E-state index in [2.05, 4.69) is 19.5 Å². The molecule has 134 valence electrons.